The van der Waals surface area contributed by atoms with Crippen molar-refractivity contribution in [3.63, 3.8) is 0 Å². The predicted octanol–water partition coefficient (Wildman–Crippen LogP) is 0.114. The standard InChI is InChI=1S/C13H27N3O/c14-9-13(17)11-16-7-3-12(4-8-16)10-15-5-1-2-6-15/h12-13,17H,1-11,14H2/t13-/m0/s1. The topological polar surface area (TPSA) is 52.7 Å². The number of likely N-dealkylation sites (tertiary alicyclic amines) is 2. The van der Waals surface area contributed by atoms with Crippen molar-refractivity contribution in [3.05, 3.63) is 0 Å². The molecule has 0 aromatic heterocycles. The van der Waals surface area contributed by atoms with Gasteiger partial charge in [0.2, 0.25) is 0 Å². The number of piperidine rings is 1. The molecule has 2 heterocycles. The van der Waals surface area contributed by atoms with E-state index >= 15 is 0 Å². The second-order valence-electron chi connectivity index (χ2n) is 5.64. The molecule has 3 N–H and O–H groups in total. The van der Waals surface area contributed by atoms with Gasteiger partial charge in [0.1, 0.15) is 0 Å². The highest BCUT2D eigenvalue weighted by atomic mass is 16.3. The highest BCUT2D eigenvalue weighted by Gasteiger charge is 2.23. The van der Waals surface area contributed by atoms with E-state index in [-0.39, 0.29) is 6.10 Å². The van der Waals surface area contributed by atoms with Crippen molar-refractivity contribution < 1.29 is 5.11 Å². The van der Waals surface area contributed by atoms with Gasteiger partial charge in [0.25, 0.3) is 0 Å². The molecule has 100 valence electrons. The van der Waals surface area contributed by atoms with Crippen LogP contribution in [0.3, 0.4) is 0 Å². The third-order valence-electron chi connectivity index (χ3n) is 4.16. The van der Waals surface area contributed by atoms with Crippen molar-refractivity contribution in [3.8, 4) is 0 Å². The first-order chi connectivity index (χ1) is 8.28. The molecular formula is C13H27N3O. The molecule has 0 aliphatic carbocycles. The zero-order valence-corrected chi connectivity index (χ0v) is 10.9. The van der Waals surface area contributed by atoms with Gasteiger partial charge in [-0.25, -0.2) is 0 Å². The first-order valence-electron chi connectivity index (χ1n) is 7.11. The number of hydrogen-bond donors (Lipinski definition) is 2. The van der Waals surface area contributed by atoms with Crippen molar-refractivity contribution in [1.82, 2.24) is 9.80 Å². The van der Waals surface area contributed by atoms with Crippen LogP contribution in [0.2, 0.25) is 0 Å². The smallest absolute Gasteiger partial charge is 0.0789 e. The molecule has 2 aliphatic heterocycles. The third kappa shape index (κ3) is 4.21. The molecule has 17 heavy (non-hydrogen) atoms. The number of hydrogen-bond acceptors (Lipinski definition) is 4. The summed E-state index contributed by atoms with van der Waals surface area (Å²) in [4.78, 5) is 4.98. The summed E-state index contributed by atoms with van der Waals surface area (Å²) in [6.45, 7) is 7.33. The minimum atomic E-state index is -0.342. The minimum absolute atomic E-state index is 0.342. The van der Waals surface area contributed by atoms with E-state index in [0.717, 1.165) is 25.6 Å². The molecule has 0 spiro atoms. The second kappa shape index (κ2) is 6.69. The lowest BCUT2D eigenvalue weighted by Gasteiger charge is -2.34. The zero-order valence-electron chi connectivity index (χ0n) is 10.9. The lowest BCUT2D eigenvalue weighted by Crippen LogP contribution is -2.43. The molecule has 2 fully saturated rings. The van der Waals surface area contributed by atoms with Gasteiger partial charge in [-0.2, -0.15) is 0 Å². The maximum atomic E-state index is 9.53. The molecule has 2 aliphatic rings. The third-order valence-corrected chi connectivity index (χ3v) is 4.16. The Labute approximate surface area is 105 Å². The quantitative estimate of drug-likeness (QED) is 0.717. The van der Waals surface area contributed by atoms with Crippen LogP contribution in [0.1, 0.15) is 25.7 Å². The Morgan fingerprint density at radius 3 is 2.29 bits per heavy atom. The van der Waals surface area contributed by atoms with Crippen molar-refractivity contribution in [2.45, 2.75) is 31.8 Å². The molecule has 1 atom stereocenters. The fourth-order valence-corrected chi connectivity index (χ4v) is 3.05. The number of nitrogens with zero attached hydrogens (tertiary/aromatic N) is 2. The Bertz CT molecular complexity index is 211. The Hall–Kier alpha value is -0.160. The second-order valence-corrected chi connectivity index (χ2v) is 5.64. The average Bonchev–Trinajstić information content (AvgIpc) is 2.84. The van der Waals surface area contributed by atoms with Crippen LogP contribution in [0.25, 0.3) is 0 Å². The molecule has 4 heteroatoms. The summed E-state index contributed by atoms with van der Waals surface area (Å²) in [7, 11) is 0. The van der Waals surface area contributed by atoms with E-state index in [2.05, 4.69) is 9.80 Å². The Morgan fingerprint density at radius 1 is 1.06 bits per heavy atom. The van der Waals surface area contributed by atoms with Crippen molar-refractivity contribution >= 4 is 0 Å². The fourth-order valence-electron chi connectivity index (χ4n) is 3.05. The highest BCUT2D eigenvalue weighted by Crippen LogP contribution is 2.20. The summed E-state index contributed by atoms with van der Waals surface area (Å²) in [6.07, 6.45) is 5.01. The largest absolute Gasteiger partial charge is 0.390 e. The van der Waals surface area contributed by atoms with Crippen LogP contribution >= 0.6 is 0 Å². The summed E-state index contributed by atoms with van der Waals surface area (Å²) >= 11 is 0. The monoisotopic (exact) mass is 241 g/mol. The van der Waals surface area contributed by atoms with Crippen molar-refractivity contribution in [1.29, 1.82) is 0 Å². The summed E-state index contributed by atoms with van der Waals surface area (Å²) in [6, 6.07) is 0. The molecule has 4 nitrogen and oxygen atoms in total. The van der Waals surface area contributed by atoms with Gasteiger partial charge < -0.3 is 20.6 Å². The summed E-state index contributed by atoms with van der Waals surface area (Å²) in [5.41, 5.74) is 5.44. The number of aliphatic hydroxyl groups is 1. The van der Waals surface area contributed by atoms with E-state index in [1.807, 2.05) is 0 Å². The van der Waals surface area contributed by atoms with Gasteiger partial charge in [-0.3, -0.25) is 0 Å². The lowest BCUT2D eigenvalue weighted by molar-refractivity contribution is 0.0873. The molecule has 0 radical (unpaired) electrons. The van der Waals surface area contributed by atoms with Crippen LogP contribution in [-0.2, 0) is 0 Å². The maximum Gasteiger partial charge on any atom is 0.0789 e. The molecule has 2 rings (SSSR count). The van der Waals surface area contributed by atoms with E-state index in [9.17, 15) is 5.11 Å². The van der Waals surface area contributed by atoms with Crippen LogP contribution < -0.4 is 5.73 Å². The molecule has 0 aromatic rings. The van der Waals surface area contributed by atoms with E-state index in [4.69, 9.17) is 5.73 Å². The fraction of sp³-hybridized carbons (Fsp3) is 1.00. The van der Waals surface area contributed by atoms with Crippen molar-refractivity contribution in [2.24, 2.45) is 11.7 Å². The van der Waals surface area contributed by atoms with Gasteiger partial charge >= 0.3 is 0 Å². The van der Waals surface area contributed by atoms with Crippen LogP contribution in [0.4, 0.5) is 0 Å². The molecular weight excluding hydrogens is 214 g/mol. The lowest BCUT2D eigenvalue weighted by atomic mass is 9.96. The SMILES string of the molecule is NC[C@H](O)CN1CCC(CN2CCCC2)CC1. The summed E-state index contributed by atoms with van der Waals surface area (Å²) in [5, 5.41) is 9.53. The Morgan fingerprint density at radius 2 is 1.71 bits per heavy atom. The molecule has 0 amide bonds. The van der Waals surface area contributed by atoms with Crippen LogP contribution in [0.15, 0.2) is 0 Å². The first-order valence-corrected chi connectivity index (χ1v) is 7.11. The Kier molecular flexibility index (Phi) is 5.22. The summed E-state index contributed by atoms with van der Waals surface area (Å²) < 4.78 is 0. The first kappa shape index (κ1) is 13.3. The number of aliphatic hydroxyl groups excluding tert-OH is 1. The number of nitrogens with two attached hydrogens (primary N) is 1. The van der Waals surface area contributed by atoms with E-state index in [1.54, 1.807) is 0 Å². The summed E-state index contributed by atoms with van der Waals surface area (Å²) in [5.74, 6) is 0.874. The number of rotatable bonds is 5. The van der Waals surface area contributed by atoms with Gasteiger partial charge in [-0.1, -0.05) is 0 Å². The molecule has 2 saturated heterocycles. The predicted molar refractivity (Wildman–Crippen MR) is 69.9 cm³/mol. The molecule has 0 bridgehead atoms. The van der Waals surface area contributed by atoms with Crippen LogP contribution in [0, 0.1) is 5.92 Å². The maximum absolute atomic E-state index is 9.53. The molecule has 0 unspecified atom stereocenters. The van der Waals surface area contributed by atoms with Crippen molar-refractivity contribution in [2.75, 3.05) is 45.8 Å². The average molecular weight is 241 g/mol. The van der Waals surface area contributed by atoms with Gasteiger partial charge in [0.15, 0.2) is 0 Å². The molecule has 0 aromatic carbocycles. The van der Waals surface area contributed by atoms with E-state index in [1.165, 1.54) is 45.3 Å². The minimum Gasteiger partial charge on any atom is -0.390 e. The van der Waals surface area contributed by atoms with Crippen LogP contribution in [0.5, 0.6) is 0 Å². The van der Waals surface area contributed by atoms with Gasteiger partial charge in [0.05, 0.1) is 6.10 Å². The van der Waals surface area contributed by atoms with Crippen LogP contribution in [-0.4, -0.2) is 66.8 Å². The Balaban J connectivity index is 1.63. The van der Waals surface area contributed by atoms with E-state index < -0.39 is 0 Å². The zero-order chi connectivity index (χ0) is 12.1. The van der Waals surface area contributed by atoms with Gasteiger partial charge in [-0.05, 0) is 57.8 Å². The van der Waals surface area contributed by atoms with Gasteiger partial charge in [-0.15, -0.1) is 0 Å². The number of β-amino-alcohol motifs (C(OH)–C–C–N with tert-alkyl or cyclic N) is 1. The normalized spacial score (nSPS) is 26.5. The molecule has 0 saturated carbocycles. The van der Waals surface area contributed by atoms with Gasteiger partial charge in [0, 0.05) is 19.6 Å². The highest BCUT2D eigenvalue weighted by molar-refractivity contribution is 4.78. The van der Waals surface area contributed by atoms with E-state index in [0.29, 0.717) is 6.54 Å².